The van der Waals surface area contributed by atoms with Crippen molar-refractivity contribution in [2.75, 3.05) is 26.2 Å². The predicted octanol–water partition coefficient (Wildman–Crippen LogP) is -1.32. The minimum atomic E-state index is -0.365. The molecule has 6 nitrogen and oxygen atoms in total. The number of hydrogen-bond donors (Lipinski definition) is 3. The molecule has 2 amide bonds. The number of nitrogens with two attached hydrogens (primary N) is 1. The zero-order valence-electron chi connectivity index (χ0n) is 10.2. The van der Waals surface area contributed by atoms with Crippen molar-refractivity contribution in [3.63, 3.8) is 0 Å². The molecule has 0 aromatic carbocycles. The maximum absolute atomic E-state index is 11.0. The van der Waals surface area contributed by atoms with Crippen LogP contribution in [0.5, 0.6) is 0 Å². The molecule has 1 saturated heterocycles. The van der Waals surface area contributed by atoms with Crippen LogP contribution in [0, 0.1) is 5.92 Å². The van der Waals surface area contributed by atoms with Gasteiger partial charge in [-0.2, -0.15) is 0 Å². The number of piperidine rings is 1. The van der Waals surface area contributed by atoms with Crippen LogP contribution in [0.25, 0.3) is 0 Å². The summed E-state index contributed by atoms with van der Waals surface area (Å²) >= 11 is 0. The van der Waals surface area contributed by atoms with E-state index in [9.17, 15) is 9.59 Å². The Bertz CT molecular complexity index is 259. The molecule has 0 radical (unpaired) electrons. The first-order valence-electron chi connectivity index (χ1n) is 5.90. The Hall–Kier alpha value is -1.14. The van der Waals surface area contributed by atoms with Crippen LogP contribution in [0.1, 0.15) is 19.8 Å². The number of carbonyl (C=O) groups excluding carboxylic acids is 2. The van der Waals surface area contributed by atoms with Crippen LogP contribution in [0.15, 0.2) is 0 Å². The third kappa shape index (κ3) is 5.14. The summed E-state index contributed by atoms with van der Waals surface area (Å²) in [6.45, 7) is 3.21. The summed E-state index contributed by atoms with van der Waals surface area (Å²) in [6, 6.07) is 0.0390. The molecule has 0 saturated carbocycles. The summed E-state index contributed by atoms with van der Waals surface area (Å²) < 4.78 is 0. The molecule has 0 spiro atoms. The molecule has 0 bridgehead atoms. The van der Waals surface area contributed by atoms with Crippen molar-refractivity contribution in [1.82, 2.24) is 10.2 Å². The zero-order valence-corrected chi connectivity index (χ0v) is 10.2. The summed E-state index contributed by atoms with van der Waals surface area (Å²) in [6.07, 6.45) is 1.53. The van der Waals surface area contributed by atoms with E-state index in [-0.39, 0.29) is 31.0 Å². The molecule has 1 aliphatic rings. The molecule has 4 N–H and O–H groups in total. The molecule has 0 aromatic heterocycles. The van der Waals surface area contributed by atoms with Crippen molar-refractivity contribution < 1.29 is 14.7 Å². The molecule has 0 aliphatic carbocycles. The largest absolute Gasteiger partial charge is 0.396 e. The Morgan fingerprint density at radius 3 is 2.71 bits per heavy atom. The topological polar surface area (TPSA) is 95.7 Å². The van der Waals surface area contributed by atoms with E-state index in [1.165, 1.54) is 6.92 Å². The highest BCUT2D eigenvalue weighted by Crippen LogP contribution is 2.19. The number of nitrogens with one attached hydrogen (secondary N) is 1. The van der Waals surface area contributed by atoms with Gasteiger partial charge in [0, 0.05) is 32.7 Å². The maximum Gasteiger partial charge on any atom is 0.231 e. The summed E-state index contributed by atoms with van der Waals surface area (Å²) in [7, 11) is 0. The Morgan fingerprint density at radius 2 is 2.18 bits per heavy atom. The van der Waals surface area contributed by atoms with Gasteiger partial charge < -0.3 is 16.2 Å². The van der Waals surface area contributed by atoms with E-state index < -0.39 is 0 Å². The van der Waals surface area contributed by atoms with Crippen molar-refractivity contribution in [3.05, 3.63) is 0 Å². The number of aliphatic hydroxyl groups is 1. The van der Waals surface area contributed by atoms with Crippen molar-refractivity contribution >= 4 is 11.8 Å². The van der Waals surface area contributed by atoms with Gasteiger partial charge in [0.15, 0.2) is 0 Å². The fraction of sp³-hybridized carbons (Fsp3) is 0.818. The molecular formula is C11H21N3O3. The first-order valence-corrected chi connectivity index (χ1v) is 5.90. The molecule has 1 fully saturated rings. The Labute approximate surface area is 101 Å². The molecule has 17 heavy (non-hydrogen) atoms. The lowest BCUT2D eigenvalue weighted by atomic mass is 9.91. The maximum atomic E-state index is 11.0. The Morgan fingerprint density at radius 1 is 1.47 bits per heavy atom. The third-order valence-corrected chi connectivity index (χ3v) is 2.94. The number of carbonyl (C=O) groups is 2. The van der Waals surface area contributed by atoms with Crippen molar-refractivity contribution in [1.29, 1.82) is 0 Å². The first-order chi connectivity index (χ1) is 8.01. The normalized spacial score (nSPS) is 25.5. The van der Waals surface area contributed by atoms with E-state index in [4.69, 9.17) is 10.8 Å². The molecule has 2 unspecified atom stereocenters. The van der Waals surface area contributed by atoms with Gasteiger partial charge in [0.05, 0.1) is 6.54 Å². The van der Waals surface area contributed by atoms with Crippen molar-refractivity contribution in [2.45, 2.75) is 25.8 Å². The SMILES string of the molecule is CC(=O)NC1CC(CCO)CN(CC(N)=O)C1. The zero-order chi connectivity index (χ0) is 12.8. The molecule has 1 aliphatic heterocycles. The first kappa shape index (κ1) is 13.9. The van der Waals surface area contributed by atoms with Gasteiger partial charge in [-0.1, -0.05) is 0 Å². The molecule has 0 aromatic rings. The van der Waals surface area contributed by atoms with Crippen LogP contribution < -0.4 is 11.1 Å². The second-order valence-corrected chi connectivity index (χ2v) is 4.67. The minimum Gasteiger partial charge on any atom is -0.396 e. The number of rotatable bonds is 5. The summed E-state index contributed by atoms with van der Waals surface area (Å²) in [4.78, 5) is 23.9. The van der Waals surface area contributed by atoms with Crippen molar-refractivity contribution in [3.8, 4) is 0 Å². The van der Waals surface area contributed by atoms with Gasteiger partial charge >= 0.3 is 0 Å². The Balaban J connectivity index is 2.55. The lowest BCUT2D eigenvalue weighted by Crippen LogP contribution is -2.52. The minimum absolute atomic E-state index is 0.0390. The van der Waals surface area contributed by atoms with E-state index >= 15 is 0 Å². The van der Waals surface area contributed by atoms with Gasteiger partial charge in [-0.3, -0.25) is 14.5 Å². The van der Waals surface area contributed by atoms with Gasteiger partial charge in [0.2, 0.25) is 11.8 Å². The quantitative estimate of drug-likeness (QED) is 0.558. The lowest BCUT2D eigenvalue weighted by molar-refractivity contribution is -0.120. The number of aliphatic hydroxyl groups excluding tert-OH is 1. The number of hydrogen-bond acceptors (Lipinski definition) is 4. The van der Waals surface area contributed by atoms with E-state index in [1.807, 2.05) is 4.90 Å². The highest BCUT2D eigenvalue weighted by atomic mass is 16.3. The smallest absolute Gasteiger partial charge is 0.231 e. The van der Waals surface area contributed by atoms with Gasteiger partial charge in [-0.15, -0.1) is 0 Å². The number of primary amides is 1. The van der Waals surface area contributed by atoms with Crippen LogP contribution >= 0.6 is 0 Å². The monoisotopic (exact) mass is 243 g/mol. The highest BCUT2D eigenvalue weighted by molar-refractivity contribution is 5.76. The fourth-order valence-electron chi connectivity index (χ4n) is 2.44. The average Bonchev–Trinajstić information content (AvgIpc) is 2.14. The van der Waals surface area contributed by atoms with Gasteiger partial charge in [0.1, 0.15) is 0 Å². The predicted molar refractivity (Wildman–Crippen MR) is 63.0 cm³/mol. The second-order valence-electron chi connectivity index (χ2n) is 4.67. The van der Waals surface area contributed by atoms with Gasteiger partial charge in [-0.25, -0.2) is 0 Å². The van der Waals surface area contributed by atoms with E-state index in [0.29, 0.717) is 18.9 Å². The molecule has 98 valence electrons. The van der Waals surface area contributed by atoms with Crippen LogP contribution in [0.4, 0.5) is 0 Å². The van der Waals surface area contributed by atoms with Crippen molar-refractivity contribution in [2.24, 2.45) is 11.7 Å². The van der Waals surface area contributed by atoms with Gasteiger partial charge in [-0.05, 0) is 18.8 Å². The standard InChI is InChI=1S/C11H21N3O3/c1-8(16)13-10-4-9(2-3-15)5-14(6-10)7-11(12)17/h9-10,15H,2-7H2,1H3,(H2,12,17)(H,13,16). The molecule has 6 heteroatoms. The average molecular weight is 243 g/mol. The number of nitrogens with zero attached hydrogens (tertiary/aromatic N) is 1. The van der Waals surface area contributed by atoms with Crippen LogP contribution in [0.3, 0.4) is 0 Å². The van der Waals surface area contributed by atoms with E-state index in [2.05, 4.69) is 5.32 Å². The second kappa shape index (κ2) is 6.56. The molecular weight excluding hydrogens is 222 g/mol. The fourth-order valence-corrected chi connectivity index (χ4v) is 2.44. The Kier molecular flexibility index (Phi) is 5.37. The van der Waals surface area contributed by atoms with Crippen LogP contribution in [-0.4, -0.2) is 54.1 Å². The van der Waals surface area contributed by atoms with E-state index in [0.717, 1.165) is 13.0 Å². The third-order valence-electron chi connectivity index (χ3n) is 2.94. The molecule has 1 heterocycles. The molecule has 2 atom stereocenters. The number of likely N-dealkylation sites (tertiary alicyclic amines) is 1. The van der Waals surface area contributed by atoms with Crippen LogP contribution in [-0.2, 0) is 9.59 Å². The summed E-state index contributed by atoms with van der Waals surface area (Å²) in [5, 5.41) is 11.8. The number of amides is 2. The summed E-state index contributed by atoms with van der Waals surface area (Å²) in [5.74, 6) is -0.139. The molecule has 1 rings (SSSR count). The highest BCUT2D eigenvalue weighted by Gasteiger charge is 2.27. The van der Waals surface area contributed by atoms with Gasteiger partial charge in [0.25, 0.3) is 0 Å². The van der Waals surface area contributed by atoms with Crippen LogP contribution in [0.2, 0.25) is 0 Å². The lowest BCUT2D eigenvalue weighted by Gasteiger charge is -2.37. The summed E-state index contributed by atoms with van der Waals surface area (Å²) in [5.41, 5.74) is 5.17. The van der Waals surface area contributed by atoms with E-state index in [1.54, 1.807) is 0 Å².